The van der Waals surface area contributed by atoms with E-state index in [-0.39, 0.29) is 12.5 Å². The number of carbonyl (C=O) groups is 1. The number of benzene rings is 2. The van der Waals surface area contributed by atoms with Gasteiger partial charge in [0, 0.05) is 6.54 Å². The Kier molecular flexibility index (Phi) is 5.64. The van der Waals surface area contributed by atoms with E-state index in [2.05, 4.69) is 0 Å². The molecular weight excluding hydrogens is 422 g/mol. The first-order valence-corrected chi connectivity index (χ1v) is 12.9. The minimum Gasteiger partial charge on any atom is -0.490 e. The van der Waals surface area contributed by atoms with Crippen LogP contribution in [0.5, 0.6) is 5.75 Å². The Balaban J connectivity index is 1.86. The smallest absolute Gasteiger partial charge is 0.236 e. The molecule has 32 heavy (non-hydrogen) atoms. The van der Waals surface area contributed by atoms with Gasteiger partial charge in [-0.2, -0.15) is 0 Å². The van der Waals surface area contributed by atoms with Gasteiger partial charge in [0.15, 0.2) is 9.84 Å². The lowest BCUT2D eigenvalue weighted by atomic mass is 9.93. The number of carbonyl (C=O) groups excluding carboxylic acids is 1. The quantitative estimate of drug-likeness (QED) is 0.626. The topological polar surface area (TPSA) is 63.7 Å². The van der Waals surface area contributed by atoms with Crippen molar-refractivity contribution in [3.63, 3.8) is 0 Å². The normalized spacial score (nSPS) is 19.9. The second kappa shape index (κ2) is 7.91. The van der Waals surface area contributed by atoms with Crippen molar-refractivity contribution in [3.8, 4) is 5.75 Å². The van der Waals surface area contributed by atoms with Gasteiger partial charge in [-0.3, -0.25) is 4.79 Å². The van der Waals surface area contributed by atoms with Gasteiger partial charge in [-0.15, -0.1) is 0 Å². The highest BCUT2D eigenvalue weighted by molar-refractivity contribution is 7.92. The first-order chi connectivity index (χ1) is 15.0. The van der Waals surface area contributed by atoms with Crippen molar-refractivity contribution in [2.24, 2.45) is 5.41 Å². The summed E-state index contributed by atoms with van der Waals surface area (Å²) in [5.41, 5.74) is 2.72. The number of anilines is 1. The fraction of sp³-hybridized carbons (Fsp3) is 0.500. The van der Waals surface area contributed by atoms with Crippen LogP contribution in [0.25, 0.3) is 0 Å². The molecular formula is C26H33NO4S. The first-order valence-electron chi connectivity index (χ1n) is 11.4. The highest BCUT2D eigenvalue weighted by Crippen LogP contribution is 2.50. The monoisotopic (exact) mass is 455 g/mol. The van der Waals surface area contributed by atoms with E-state index in [9.17, 15) is 13.2 Å². The van der Waals surface area contributed by atoms with Crippen molar-refractivity contribution in [3.05, 3.63) is 53.1 Å². The molecule has 6 heteroatoms. The maximum atomic E-state index is 14.1. The molecule has 1 saturated carbocycles. The molecule has 0 atom stereocenters. The molecule has 0 bridgehead atoms. The second-order valence-electron chi connectivity index (χ2n) is 9.93. The van der Waals surface area contributed by atoms with Crippen LogP contribution in [0, 0.1) is 19.3 Å². The van der Waals surface area contributed by atoms with E-state index in [0.29, 0.717) is 35.7 Å². The molecule has 0 saturated heterocycles. The molecule has 0 radical (unpaired) electrons. The Labute approximate surface area is 191 Å². The molecule has 2 aromatic carbocycles. The van der Waals surface area contributed by atoms with Crippen LogP contribution in [0.2, 0.25) is 0 Å². The number of rotatable bonds is 4. The van der Waals surface area contributed by atoms with Crippen molar-refractivity contribution in [2.75, 3.05) is 18.1 Å². The summed E-state index contributed by atoms with van der Waals surface area (Å²) in [6, 6.07) is 11.2. The van der Waals surface area contributed by atoms with E-state index < -0.39 is 20.0 Å². The molecule has 1 heterocycles. The minimum atomic E-state index is -3.62. The number of hydrogen-bond donors (Lipinski definition) is 0. The van der Waals surface area contributed by atoms with Gasteiger partial charge in [0.25, 0.3) is 0 Å². The zero-order chi connectivity index (χ0) is 23.3. The summed E-state index contributed by atoms with van der Waals surface area (Å²) in [6.45, 7) is 10.4. The molecule has 2 aliphatic rings. The lowest BCUT2D eigenvalue weighted by Crippen LogP contribution is -2.42. The van der Waals surface area contributed by atoms with Crippen molar-refractivity contribution < 1.29 is 17.9 Å². The Hall–Kier alpha value is -2.34. The Morgan fingerprint density at radius 2 is 1.62 bits per heavy atom. The second-order valence-corrected chi connectivity index (χ2v) is 12.2. The van der Waals surface area contributed by atoms with Crippen LogP contribution in [0.1, 0.15) is 63.1 Å². The third-order valence-electron chi connectivity index (χ3n) is 6.94. The number of nitrogens with zero attached hydrogens (tertiary/aromatic N) is 1. The number of hydrogen-bond acceptors (Lipinski definition) is 4. The molecule has 0 unspecified atom stereocenters. The molecule has 1 aliphatic heterocycles. The minimum absolute atomic E-state index is 0.0185. The van der Waals surface area contributed by atoms with E-state index in [4.69, 9.17) is 4.74 Å². The van der Waals surface area contributed by atoms with E-state index in [1.807, 2.05) is 58.9 Å². The van der Waals surface area contributed by atoms with Gasteiger partial charge in [0.2, 0.25) is 5.91 Å². The van der Waals surface area contributed by atoms with Crippen LogP contribution in [-0.2, 0) is 19.4 Å². The number of aryl methyl sites for hydroxylation is 2. The summed E-state index contributed by atoms with van der Waals surface area (Å²) in [4.78, 5) is 15.2. The molecule has 0 spiro atoms. The highest BCUT2D eigenvalue weighted by Gasteiger charge is 2.49. The molecule has 2 aromatic rings. The average Bonchev–Trinajstić information content (AvgIpc) is 3.21. The molecule has 4 rings (SSSR count). The van der Waals surface area contributed by atoms with Gasteiger partial charge in [-0.25, -0.2) is 8.42 Å². The fourth-order valence-electron chi connectivity index (χ4n) is 5.22. The van der Waals surface area contributed by atoms with Crippen molar-refractivity contribution >= 4 is 21.4 Å². The summed E-state index contributed by atoms with van der Waals surface area (Å²) in [5.74, 6) is 0.607. The Bertz CT molecular complexity index is 1140. The summed E-state index contributed by atoms with van der Waals surface area (Å²) in [6.07, 6.45) is 2.91. The van der Waals surface area contributed by atoms with Crippen molar-refractivity contribution in [1.82, 2.24) is 0 Å². The SMILES string of the molecule is CCN1C(=O)C(C)(C)COc2cc(C3(S(=O)(=O)c4cc(C)cc(C)c4)CCCC3)ccc21. The maximum absolute atomic E-state index is 14.1. The third-order valence-corrected chi connectivity index (χ3v) is 9.47. The van der Waals surface area contributed by atoms with Crippen LogP contribution in [-0.4, -0.2) is 27.5 Å². The number of fused-ring (bicyclic) bond motifs is 1. The lowest BCUT2D eigenvalue weighted by Gasteiger charge is -2.31. The van der Waals surface area contributed by atoms with E-state index in [1.165, 1.54) is 0 Å². The zero-order valence-corrected chi connectivity index (χ0v) is 20.5. The standard InChI is InChI=1S/C26H33NO4S/c1-6-27-22-10-9-20(16-23(22)31-17-25(4,5)24(27)28)26(11-7-8-12-26)32(29,30)21-14-18(2)13-19(3)15-21/h9-10,13-16H,6-8,11-12,17H2,1-5H3. The number of sulfone groups is 1. The lowest BCUT2D eigenvalue weighted by molar-refractivity contribution is -0.127. The first kappa shape index (κ1) is 22.8. The number of ether oxygens (including phenoxy) is 1. The summed E-state index contributed by atoms with van der Waals surface area (Å²) < 4.78 is 33.3. The summed E-state index contributed by atoms with van der Waals surface area (Å²) in [7, 11) is -3.62. The van der Waals surface area contributed by atoms with Gasteiger partial charge in [0.1, 0.15) is 17.1 Å². The molecule has 5 nitrogen and oxygen atoms in total. The third kappa shape index (κ3) is 3.53. The molecule has 0 N–H and O–H groups in total. The van der Waals surface area contributed by atoms with Crippen LogP contribution >= 0.6 is 0 Å². The molecule has 0 aromatic heterocycles. The Morgan fingerprint density at radius 3 is 2.22 bits per heavy atom. The van der Waals surface area contributed by atoms with Gasteiger partial charge >= 0.3 is 0 Å². The van der Waals surface area contributed by atoms with E-state index >= 15 is 0 Å². The molecule has 1 aliphatic carbocycles. The van der Waals surface area contributed by atoms with Crippen LogP contribution in [0.15, 0.2) is 41.3 Å². The predicted molar refractivity (Wildman–Crippen MR) is 127 cm³/mol. The van der Waals surface area contributed by atoms with Crippen LogP contribution in [0.4, 0.5) is 5.69 Å². The number of amides is 1. The summed E-state index contributed by atoms with van der Waals surface area (Å²) in [5, 5.41) is 0. The largest absolute Gasteiger partial charge is 0.490 e. The molecule has 1 fully saturated rings. The Morgan fingerprint density at radius 1 is 1.00 bits per heavy atom. The molecule has 1 amide bonds. The fourth-order valence-corrected chi connectivity index (χ4v) is 7.61. The van der Waals surface area contributed by atoms with Crippen molar-refractivity contribution in [2.45, 2.75) is 69.9 Å². The maximum Gasteiger partial charge on any atom is 0.236 e. The van der Waals surface area contributed by atoms with E-state index in [1.54, 1.807) is 17.0 Å². The van der Waals surface area contributed by atoms with Gasteiger partial charge in [-0.1, -0.05) is 25.0 Å². The van der Waals surface area contributed by atoms with Crippen LogP contribution in [0.3, 0.4) is 0 Å². The average molecular weight is 456 g/mol. The summed E-state index contributed by atoms with van der Waals surface area (Å²) >= 11 is 0. The van der Waals surface area contributed by atoms with Gasteiger partial charge in [-0.05, 0) is 88.4 Å². The van der Waals surface area contributed by atoms with E-state index in [0.717, 1.165) is 29.5 Å². The van der Waals surface area contributed by atoms with Crippen LogP contribution < -0.4 is 9.64 Å². The van der Waals surface area contributed by atoms with Gasteiger partial charge < -0.3 is 9.64 Å². The molecule has 172 valence electrons. The highest BCUT2D eigenvalue weighted by atomic mass is 32.2. The van der Waals surface area contributed by atoms with Gasteiger partial charge in [0.05, 0.1) is 16.0 Å². The predicted octanol–water partition coefficient (Wildman–Crippen LogP) is 5.32. The van der Waals surface area contributed by atoms with Crippen molar-refractivity contribution in [1.29, 1.82) is 0 Å². The zero-order valence-electron chi connectivity index (χ0n) is 19.7.